The lowest BCUT2D eigenvalue weighted by Gasteiger charge is -2.22. The van der Waals surface area contributed by atoms with Gasteiger partial charge in [-0.3, -0.25) is 4.79 Å². The van der Waals surface area contributed by atoms with E-state index in [-0.39, 0.29) is 23.3 Å². The van der Waals surface area contributed by atoms with Crippen molar-refractivity contribution in [2.75, 3.05) is 27.4 Å². The molecule has 1 saturated carbocycles. The van der Waals surface area contributed by atoms with Crippen molar-refractivity contribution in [3.8, 4) is 11.5 Å². The first kappa shape index (κ1) is 13.7. The van der Waals surface area contributed by atoms with E-state index in [1.807, 2.05) is 0 Å². The highest BCUT2D eigenvalue weighted by Gasteiger charge is 2.34. The van der Waals surface area contributed by atoms with Gasteiger partial charge in [-0.15, -0.1) is 0 Å². The Hall–Kier alpha value is -1.75. The lowest BCUT2D eigenvalue weighted by Crippen LogP contribution is -2.35. The van der Waals surface area contributed by atoms with Crippen LogP contribution in [-0.4, -0.2) is 49.3 Å². The van der Waals surface area contributed by atoms with Crippen molar-refractivity contribution in [3.05, 3.63) is 23.8 Å². The van der Waals surface area contributed by atoms with Gasteiger partial charge in [-0.25, -0.2) is 0 Å². The second kappa shape index (κ2) is 5.93. The molecule has 0 aromatic heterocycles. The van der Waals surface area contributed by atoms with E-state index in [1.54, 1.807) is 30.2 Å². The number of hydrogen-bond donors (Lipinski definition) is 1. The second-order valence-electron chi connectivity index (χ2n) is 4.58. The summed E-state index contributed by atoms with van der Waals surface area (Å²) in [5, 5.41) is 10.0. The predicted octanol–water partition coefficient (Wildman–Crippen LogP) is 1.65. The molecule has 0 saturated heterocycles. The Bertz CT molecular complexity index is 457. The third-order valence-corrected chi connectivity index (χ3v) is 3.23. The van der Waals surface area contributed by atoms with Crippen LogP contribution in [0, 0.1) is 0 Å². The number of aromatic hydroxyl groups is 1. The van der Waals surface area contributed by atoms with Crippen molar-refractivity contribution in [3.63, 3.8) is 0 Å². The van der Waals surface area contributed by atoms with Crippen LogP contribution in [0.25, 0.3) is 0 Å². The first-order valence-corrected chi connectivity index (χ1v) is 6.35. The molecule has 1 amide bonds. The van der Waals surface area contributed by atoms with Gasteiger partial charge in [0.15, 0.2) is 11.5 Å². The summed E-state index contributed by atoms with van der Waals surface area (Å²) in [5.74, 6) is 0.0438. The summed E-state index contributed by atoms with van der Waals surface area (Å²) in [5.41, 5.74) is 0.280. The maximum absolute atomic E-state index is 12.5. The first-order chi connectivity index (χ1) is 9.19. The largest absolute Gasteiger partial charge is 0.504 e. The number of ether oxygens (including phenoxy) is 2. The SMILES string of the molecule is COCCN(C(=O)c1cccc(OC)c1O)C1CC1. The van der Waals surface area contributed by atoms with Gasteiger partial charge in [0.05, 0.1) is 19.3 Å². The molecule has 1 N–H and O–H groups in total. The molecular weight excluding hydrogens is 246 g/mol. The Kier molecular flexibility index (Phi) is 4.27. The second-order valence-corrected chi connectivity index (χ2v) is 4.58. The van der Waals surface area contributed by atoms with Crippen LogP contribution in [-0.2, 0) is 4.74 Å². The molecule has 2 rings (SSSR count). The maximum Gasteiger partial charge on any atom is 0.258 e. The van der Waals surface area contributed by atoms with E-state index in [9.17, 15) is 9.90 Å². The molecule has 0 radical (unpaired) electrons. The highest BCUT2D eigenvalue weighted by atomic mass is 16.5. The van der Waals surface area contributed by atoms with Crippen LogP contribution in [0.3, 0.4) is 0 Å². The van der Waals surface area contributed by atoms with E-state index < -0.39 is 0 Å². The number of carbonyl (C=O) groups excluding carboxylic acids is 1. The molecule has 0 heterocycles. The minimum Gasteiger partial charge on any atom is -0.504 e. The minimum absolute atomic E-state index is 0.0990. The van der Waals surface area contributed by atoms with Crippen molar-refractivity contribution >= 4 is 5.91 Å². The molecule has 0 bridgehead atoms. The molecule has 1 aliphatic rings. The van der Waals surface area contributed by atoms with E-state index in [1.165, 1.54) is 7.11 Å². The number of benzene rings is 1. The van der Waals surface area contributed by atoms with E-state index >= 15 is 0 Å². The average Bonchev–Trinajstić information content (AvgIpc) is 3.24. The Labute approximate surface area is 112 Å². The highest BCUT2D eigenvalue weighted by Crippen LogP contribution is 2.33. The van der Waals surface area contributed by atoms with E-state index in [0.717, 1.165) is 12.8 Å². The smallest absolute Gasteiger partial charge is 0.258 e. The number of methoxy groups -OCH3 is 2. The molecule has 5 heteroatoms. The number of para-hydroxylation sites is 1. The van der Waals surface area contributed by atoms with Crippen molar-refractivity contribution in [1.82, 2.24) is 4.90 Å². The van der Waals surface area contributed by atoms with Gasteiger partial charge < -0.3 is 19.5 Å². The van der Waals surface area contributed by atoms with Crippen molar-refractivity contribution in [1.29, 1.82) is 0 Å². The molecule has 0 aliphatic heterocycles. The number of hydrogen-bond acceptors (Lipinski definition) is 4. The Morgan fingerprint density at radius 2 is 2.16 bits per heavy atom. The van der Waals surface area contributed by atoms with Gasteiger partial charge in [0, 0.05) is 19.7 Å². The number of rotatable bonds is 6. The zero-order valence-electron chi connectivity index (χ0n) is 11.3. The zero-order valence-corrected chi connectivity index (χ0v) is 11.3. The quantitative estimate of drug-likeness (QED) is 0.849. The summed E-state index contributed by atoms with van der Waals surface area (Å²) in [7, 11) is 3.07. The molecular formula is C14H19NO4. The van der Waals surface area contributed by atoms with Crippen LogP contribution >= 0.6 is 0 Å². The third-order valence-electron chi connectivity index (χ3n) is 3.23. The molecule has 1 aromatic carbocycles. The fourth-order valence-electron chi connectivity index (χ4n) is 2.04. The zero-order chi connectivity index (χ0) is 13.8. The van der Waals surface area contributed by atoms with Gasteiger partial charge in [-0.2, -0.15) is 0 Å². The van der Waals surface area contributed by atoms with Crippen LogP contribution in [0.5, 0.6) is 11.5 Å². The molecule has 0 atom stereocenters. The number of phenols is 1. The normalized spacial score (nSPS) is 14.2. The van der Waals surface area contributed by atoms with Crippen LogP contribution in [0.1, 0.15) is 23.2 Å². The Morgan fingerprint density at radius 3 is 2.74 bits per heavy atom. The fourth-order valence-corrected chi connectivity index (χ4v) is 2.04. The Morgan fingerprint density at radius 1 is 1.42 bits per heavy atom. The lowest BCUT2D eigenvalue weighted by atomic mass is 10.1. The fraction of sp³-hybridized carbons (Fsp3) is 0.500. The lowest BCUT2D eigenvalue weighted by molar-refractivity contribution is 0.0676. The van der Waals surface area contributed by atoms with Crippen molar-refractivity contribution < 1.29 is 19.4 Å². The van der Waals surface area contributed by atoms with Crippen molar-refractivity contribution in [2.45, 2.75) is 18.9 Å². The van der Waals surface area contributed by atoms with Gasteiger partial charge in [-0.05, 0) is 25.0 Å². The topological polar surface area (TPSA) is 59.0 Å². The van der Waals surface area contributed by atoms with E-state index in [4.69, 9.17) is 9.47 Å². The van der Waals surface area contributed by atoms with Gasteiger partial charge in [0.25, 0.3) is 5.91 Å². The van der Waals surface area contributed by atoms with Crippen LogP contribution in [0.2, 0.25) is 0 Å². The van der Waals surface area contributed by atoms with Crippen LogP contribution in [0.4, 0.5) is 0 Å². The van der Waals surface area contributed by atoms with Gasteiger partial charge in [0.2, 0.25) is 0 Å². The van der Waals surface area contributed by atoms with Crippen molar-refractivity contribution in [2.24, 2.45) is 0 Å². The monoisotopic (exact) mass is 265 g/mol. The predicted molar refractivity (Wildman–Crippen MR) is 70.6 cm³/mol. The molecule has 1 fully saturated rings. The summed E-state index contributed by atoms with van der Waals surface area (Å²) >= 11 is 0. The molecule has 0 spiro atoms. The third kappa shape index (κ3) is 2.98. The summed E-state index contributed by atoms with van der Waals surface area (Å²) in [6.07, 6.45) is 2.03. The van der Waals surface area contributed by atoms with Gasteiger partial charge in [-0.1, -0.05) is 6.07 Å². The molecule has 19 heavy (non-hydrogen) atoms. The van der Waals surface area contributed by atoms with Crippen LogP contribution in [0.15, 0.2) is 18.2 Å². The van der Waals surface area contributed by atoms with E-state index in [0.29, 0.717) is 18.9 Å². The summed E-state index contributed by atoms with van der Waals surface area (Å²) in [6, 6.07) is 5.21. The molecule has 0 unspecified atom stereocenters. The van der Waals surface area contributed by atoms with Crippen LogP contribution < -0.4 is 4.74 Å². The summed E-state index contributed by atoms with van der Waals surface area (Å²) < 4.78 is 10.1. The van der Waals surface area contributed by atoms with Gasteiger partial charge >= 0.3 is 0 Å². The Balaban J connectivity index is 2.21. The van der Waals surface area contributed by atoms with E-state index in [2.05, 4.69) is 0 Å². The minimum atomic E-state index is -0.170. The number of phenolic OH excluding ortho intramolecular Hbond substituents is 1. The summed E-state index contributed by atoms with van der Waals surface area (Å²) in [4.78, 5) is 14.2. The number of nitrogens with zero attached hydrogens (tertiary/aromatic N) is 1. The molecule has 1 aliphatic carbocycles. The molecule has 1 aromatic rings. The first-order valence-electron chi connectivity index (χ1n) is 6.35. The standard InChI is InChI=1S/C14H19NO4/c1-18-9-8-15(10-6-7-10)14(17)11-4-3-5-12(19-2)13(11)16/h3-5,10,16H,6-9H2,1-2H3. The molecule has 104 valence electrons. The molecule has 5 nitrogen and oxygen atoms in total. The highest BCUT2D eigenvalue weighted by molar-refractivity contribution is 5.98. The van der Waals surface area contributed by atoms with Gasteiger partial charge in [0.1, 0.15) is 0 Å². The summed E-state index contributed by atoms with van der Waals surface area (Å²) in [6.45, 7) is 1.03. The maximum atomic E-state index is 12.5. The average molecular weight is 265 g/mol. The number of amides is 1. The number of carbonyl (C=O) groups is 1.